The second kappa shape index (κ2) is 10.3. The Kier molecular flexibility index (Phi) is 7.07. The maximum Gasteiger partial charge on any atom is 0.321 e. The van der Waals surface area contributed by atoms with Crippen molar-refractivity contribution < 1.29 is 23.4 Å². The molecule has 1 saturated heterocycles. The third kappa shape index (κ3) is 5.01. The molecule has 12 heteroatoms. The van der Waals surface area contributed by atoms with Gasteiger partial charge in [0, 0.05) is 38.3 Å². The van der Waals surface area contributed by atoms with Gasteiger partial charge in [0.15, 0.2) is 17.3 Å². The fourth-order valence-corrected chi connectivity index (χ4v) is 3.78. The number of nitrogens with zero attached hydrogens (tertiary/aromatic N) is 6. The monoisotopic (exact) mass is 471 g/mol. The van der Waals surface area contributed by atoms with Gasteiger partial charge in [-0.3, -0.25) is 4.90 Å². The van der Waals surface area contributed by atoms with Crippen LogP contribution in [0.4, 0.5) is 14.9 Å². The van der Waals surface area contributed by atoms with Crippen LogP contribution < -0.4 is 19.5 Å². The van der Waals surface area contributed by atoms with Crippen LogP contribution in [0.15, 0.2) is 36.4 Å². The number of amides is 2. The van der Waals surface area contributed by atoms with E-state index >= 15 is 0 Å². The molecule has 0 saturated carbocycles. The molecule has 0 radical (unpaired) electrons. The van der Waals surface area contributed by atoms with Crippen LogP contribution >= 0.6 is 0 Å². The van der Waals surface area contributed by atoms with E-state index in [1.165, 1.54) is 38.1 Å². The number of halogens is 1. The molecule has 0 spiro atoms. The highest BCUT2D eigenvalue weighted by molar-refractivity contribution is 5.90. The van der Waals surface area contributed by atoms with Gasteiger partial charge in [-0.15, -0.1) is 5.10 Å². The molecule has 1 aromatic heterocycles. The van der Waals surface area contributed by atoms with E-state index in [0.717, 1.165) is 0 Å². The number of aromatic nitrogens is 4. The van der Waals surface area contributed by atoms with Crippen molar-refractivity contribution in [1.29, 1.82) is 0 Å². The fraction of sp³-hybridized carbons (Fsp3) is 0.364. The zero-order valence-corrected chi connectivity index (χ0v) is 19.2. The number of carbonyl (C=O) groups is 1. The maximum absolute atomic E-state index is 13.6. The largest absolute Gasteiger partial charge is 0.493 e. The van der Waals surface area contributed by atoms with Crippen LogP contribution in [-0.4, -0.2) is 83.5 Å². The molecule has 0 unspecified atom stereocenters. The third-order valence-corrected chi connectivity index (χ3v) is 5.53. The van der Waals surface area contributed by atoms with E-state index in [0.29, 0.717) is 67.2 Å². The van der Waals surface area contributed by atoms with E-state index in [1.807, 2.05) is 0 Å². The van der Waals surface area contributed by atoms with Gasteiger partial charge in [-0.2, -0.15) is 4.68 Å². The second-order valence-electron chi connectivity index (χ2n) is 7.59. The first-order chi connectivity index (χ1) is 16.5. The van der Waals surface area contributed by atoms with E-state index in [1.54, 1.807) is 29.2 Å². The molecule has 0 aliphatic carbocycles. The summed E-state index contributed by atoms with van der Waals surface area (Å²) in [5.74, 6) is 1.61. The van der Waals surface area contributed by atoms with Crippen molar-refractivity contribution in [2.45, 2.75) is 6.54 Å². The van der Waals surface area contributed by atoms with Crippen molar-refractivity contribution >= 4 is 11.7 Å². The molecule has 180 valence electrons. The summed E-state index contributed by atoms with van der Waals surface area (Å²) >= 11 is 0. The summed E-state index contributed by atoms with van der Waals surface area (Å²) in [6.07, 6.45) is 0. The Morgan fingerprint density at radius 2 is 1.74 bits per heavy atom. The molecular formula is C22H26FN7O4. The predicted molar refractivity (Wildman–Crippen MR) is 121 cm³/mol. The van der Waals surface area contributed by atoms with Crippen LogP contribution in [0.3, 0.4) is 0 Å². The van der Waals surface area contributed by atoms with Crippen LogP contribution in [0.5, 0.6) is 17.2 Å². The standard InChI is InChI=1S/C22H26FN7O4/c1-32-18-12-16(13-19(33-2)21(18)34-3)24-22(31)29-9-7-28(8-10-29)14-20-25-26-27-30(20)17-6-4-5-15(23)11-17/h4-6,11-13H,7-10,14H2,1-3H3,(H,24,31). The highest BCUT2D eigenvalue weighted by Gasteiger charge is 2.24. The maximum atomic E-state index is 13.6. The summed E-state index contributed by atoms with van der Waals surface area (Å²) in [5, 5.41) is 14.7. The molecule has 1 aliphatic rings. The average Bonchev–Trinajstić information content (AvgIpc) is 3.31. The van der Waals surface area contributed by atoms with Gasteiger partial charge in [-0.25, -0.2) is 9.18 Å². The Balaban J connectivity index is 1.36. The number of benzene rings is 2. The number of ether oxygens (including phenoxy) is 3. The molecule has 1 fully saturated rings. The van der Waals surface area contributed by atoms with Gasteiger partial charge in [0.25, 0.3) is 0 Å². The lowest BCUT2D eigenvalue weighted by molar-refractivity contribution is 0.140. The average molecular weight is 471 g/mol. The minimum atomic E-state index is -0.356. The van der Waals surface area contributed by atoms with Crippen LogP contribution in [-0.2, 0) is 6.54 Å². The van der Waals surface area contributed by atoms with Crippen molar-refractivity contribution in [3.8, 4) is 22.9 Å². The first-order valence-corrected chi connectivity index (χ1v) is 10.6. The molecule has 34 heavy (non-hydrogen) atoms. The van der Waals surface area contributed by atoms with Gasteiger partial charge in [0.05, 0.1) is 39.2 Å². The molecule has 2 aromatic carbocycles. The number of rotatable bonds is 7. The van der Waals surface area contributed by atoms with E-state index in [4.69, 9.17) is 14.2 Å². The van der Waals surface area contributed by atoms with Crippen LogP contribution in [0.25, 0.3) is 5.69 Å². The van der Waals surface area contributed by atoms with Crippen molar-refractivity contribution in [3.63, 3.8) is 0 Å². The first-order valence-electron chi connectivity index (χ1n) is 10.6. The topological polar surface area (TPSA) is 107 Å². The van der Waals surface area contributed by atoms with E-state index in [-0.39, 0.29) is 11.8 Å². The quantitative estimate of drug-likeness (QED) is 0.559. The van der Waals surface area contributed by atoms with Crippen molar-refractivity contribution in [2.75, 3.05) is 52.8 Å². The number of anilines is 1. The molecule has 0 bridgehead atoms. The number of tetrazole rings is 1. The molecule has 0 atom stereocenters. The Morgan fingerprint density at radius 3 is 2.35 bits per heavy atom. The molecule has 2 heterocycles. The minimum absolute atomic E-state index is 0.224. The summed E-state index contributed by atoms with van der Waals surface area (Å²) in [6, 6.07) is 9.25. The highest BCUT2D eigenvalue weighted by atomic mass is 19.1. The van der Waals surface area contributed by atoms with E-state index in [9.17, 15) is 9.18 Å². The predicted octanol–water partition coefficient (Wildman–Crippen LogP) is 2.18. The number of urea groups is 1. The normalized spacial score (nSPS) is 14.1. The highest BCUT2D eigenvalue weighted by Crippen LogP contribution is 2.40. The number of hydrogen-bond acceptors (Lipinski definition) is 8. The molecular weight excluding hydrogens is 445 g/mol. The van der Waals surface area contributed by atoms with Crippen molar-refractivity contribution in [3.05, 3.63) is 48.0 Å². The number of nitrogens with one attached hydrogen (secondary N) is 1. The zero-order chi connectivity index (χ0) is 24.1. The summed E-state index contributed by atoms with van der Waals surface area (Å²) in [7, 11) is 4.56. The lowest BCUT2D eigenvalue weighted by Crippen LogP contribution is -2.49. The second-order valence-corrected chi connectivity index (χ2v) is 7.59. The number of hydrogen-bond donors (Lipinski definition) is 1. The van der Waals surface area contributed by atoms with Crippen LogP contribution in [0.1, 0.15) is 5.82 Å². The Labute approximate surface area is 196 Å². The Hall–Kier alpha value is -3.93. The number of carbonyl (C=O) groups excluding carboxylic acids is 1. The molecule has 3 aromatic rings. The number of methoxy groups -OCH3 is 3. The third-order valence-electron chi connectivity index (χ3n) is 5.53. The lowest BCUT2D eigenvalue weighted by Gasteiger charge is -2.34. The summed E-state index contributed by atoms with van der Waals surface area (Å²) in [6.45, 7) is 2.80. The SMILES string of the molecule is COc1cc(NC(=O)N2CCN(Cc3nnnn3-c3cccc(F)c3)CC2)cc(OC)c1OC. The first kappa shape index (κ1) is 23.2. The van der Waals surface area contributed by atoms with Crippen LogP contribution in [0.2, 0.25) is 0 Å². The Bertz CT molecular complexity index is 1120. The summed E-state index contributed by atoms with van der Waals surface area (Å²) < 4.78 is 31.1. The Morgan fingerprint density at radius 1 is 1.03 bits per heavy atom. The van der Waals surface area contributed by atoms with Gasteiger partial charge < -0.3 is 24.4 Å². The van der Waals surface area contributed by atoms with Crippen molar-refractivity contribution in [2.24, 2.45) is 0 Å². The van der Waals surface area contributed by atoms with Crippen molar-refractivity contribution in [1.82, 2.24) is 30.0 Å². The van der Waals surface area contributed by atoms with Gasteiger partial charge in [-0.1, -0.05) is 6.07 Å². The molecule has 2 amide bonds. The van der Waals surface area contributed by atoms with Gasteiger partial charge in [-0.05, 0) is 28.6 Å². The summed E-state index contributed by atoms with van der Waals surface area (Å²) in [5.41, 5.74) is 1.10. The van der Waals surface area contributed by atoms with Gasteiger partial charge in [0.2, 0.25) is 5.75 Å². The molecule has 4 rings (SSSR count). The van der Waals surface area contributed by atoms with E-state index < -0.39 is 0 Å². The molecule has 11 nitrogen and oxygen atoms in total. The van der Waals surface area contributed by atoms with E-state index in [2.05, 4.69) is 25.7 Å². The fourth-order valence-electron chi connectivity index (χ4n) is 3.78. The minimum Gasteiger partial charge on any atom is -0.493 e. The van der Waals surface area contributed by atoms with Gasteiger partial charge >= 0.3 is 6.03 Å². The van der Waals surface area contributed by atoms with Gasteiger partial charge in [0.1, 0.15) is 5.82 Å². The smallest absolute Gasteiger partial charge is 0.321 e. The number of piperazine rings is 1. The lowest BCUT2D eigenvalue weighted by atomic mass is 10.2. The zero-order valence-electron chi connectivity index (χ0n) is 19.2. The molecule has 1 N–H and O–H groups in total. The summed E-state index contributed by atoms with van der Waals surface area (Å²) in [4.78, 5) is 16.7. The molecule has 1 aliphatic heterocycles. The van der Waals surface area contributed by atoms with Crippen LogP contribution in [0, 0.1) is 5.82 Å².